The van der Waals surface area contributed by atoms with Crippen LogP contribution in [0.25, 0.3) is 6.08 Å². The zero-order valence-corrected chi connectivity index (χ0v) is 19.4. The van der Waals surface area contributed by atoms with Gasteiger partial charge in [0.05, 0.1) is 18.8 Å². The van der Waals surface area contributed by atoms with Gasteiger partial charge < -0.3 is 39.7 Å². The fourth-order valence-corrected chi connectivity index (χ4v) is 3.36. The first-order chi connectivity index (χ1) is 16.1. The molecule has 0 aromatic heterocycles. The van der Waals surface area contributed by atoms with Crippen LogP contribution >= 0.6 is 0 Å². The molecular weight excluding hydrogens is 444 g/mol. The van der Waals surface area contributed by atoms with Crippen LogP contribution in [0.15, 0.2) is 54.6 Å². The summed E-state index contributed by atoms with van der Waals surface area (Å²) in [5.74, 6) is -0.726. The molecule has 0 aliphatic carbocycles. The van der Waals surface area contributed by atoms with E-state index in [0.29, 0.717) is 18.4 Å². The van der Waals surface area contributed by atoms with Gasteiger partial charge in [0.25, 0.3) is 0 Å². The molecule has 5 N–H and O–H groups in total. The van der Waals surface area contributed by atoms with Crippen LogP contribution in [0.3, 0.4) is 0 Å². The predicted molar refractivity (Wildman–Crippen MR) is 125 cm³/mol. The lowest BCUT2D eigenvalue weighted by Crippen LogP contribution is -2.61. The maximum Gasteiger partial charge on any atom is 0.331 e. The van der Waals surface area contributed by atoms with Crippen LogP contribution in [-0.2, 0) is 19.0 Å². The first-order valence-electron chi connectivity index (χ1n) is 11.0. The molecular formula is C25H34O9. The van der Waals surface area contributed by atoms with E-state index in [9.17, 15) is 25.2 Å². The lowest BCUT2D eigenvalue weighted by atomic mass is 9.96. The number of phenolic OH excluding ortho intramolecular Hbond substituents is 1. The maximum absolute atomic E-state index is 12.3. The van der Waals surface area contributed by atoms with E-state index < -0.39 is 48.9 Å². The second kappa shape index (κ2) is 12.8. The Morgan fingerprint density at radius 1 is 1.21 bits per heavy atom. The summed E-state index contributed by atoms with van der Waals surface area (Å²) < 4.78 is 16.8. The summed E-state index contributed by atoms with van der Waals surface area (Å²) in [6.07, 6.45) is 0.0980. The number of aliphatic hydroxyl groups is 4. The third kappa shape index (κ3) is 7.76. The van der Waals surface area contributed by atoms with Crippen molar-refractivity contribution in [2.24, 2.45) is 0 Å². The van der Waals surface area contributed by atoms with Crippen molar-refractivity contribution in [2.75, 3.05) is 13.2 Å². The number of hydrogen-bond acceptors (Lipinski definition) is 9. The van der Waals surface area contributed by atoms with Gasteiger partial charge in [-0.2, -0.15) is 0 Å². The molecule has 1 aliphatic heterocycles. The predicted octanol–water partition coefficient (Wildman–Crippen LogP) is 1.44. The quantitative estimate of drug-likeness (QED) is 0.181. The van der Waals surface area contributed by atoms with Crippen molar-refractivity contribution in [1.29, 1.82) is 0 Å². The number of carbonyl (C=O) groups excluding carboxylic acids is 1. The van der Waals surface area contributed by atoms with Crippen molar-refractivity contribution in [3.8, 4) is 5.75 Å². The summed E-state index contributed by atoms with van der Waals surface area (Å²) >= 11 is 0. The van der Waals surface area contributed by atoms with E-state index in [1.807, 2.05) is 6.08 Å². The van der Waals surface area contributed by atoms with Gasteiger partial charge in [0.1, 0.15) is 24.1 Å². The van der Waals surface area contributed by atoms with Crippen LogP contribution in [0.4, 0.5) is 0 Å². The number of ether oxygens (including phenoxy) is 3. The van der Waals surface area contributed by atoms with Crippen molar-refractivity contribution < 1.29 is 44.5 Å². The van der Waals surface area contributed by atoms with Gasteiger partial charge in [-0.25, -0.2) is 4.79 Å². The molecule has 6 unspecified atom stereocenters. The number of hydrogen-bond donors (Lipinski definition) is 5. The van der Waals surface area contributed by atoms with Crippen LogP contribution in [0, 0.1) is 0 Å². The van der Waals surface area contributed by atoms with Gasteiger partial charge in [-0.15, -0.1) is 6.58 Å². The number of phenols is 1. The Labute approximate surface area is 199 Å². The van der Waals surface area contributed by atoms with Crippen LogP contribution in [0.5, 0.6) is 5.75 Å². The standard InChI is InChI=1S/C25H34O9/c1-4-25(3,13-5-6-16(2)14-26)34-24-22(31)21(30)23(19(15-27)32-24)33-20(29)12-9-17-7-10-18(28)11-8-17/h4,6-12,19,21-24,26-28,30-31H,1,5,13-15H2,2-3H3. The molecule has 6 atom stereocenters. The Bertz CT molecular complexity index is 862. The number of carbonyl (C=O) groups is 1. The van der Waals surface area contributed by atoms with Crippen LogP contribution in [0.1, 0.15) is 32.3 Å². The van der Waals surface area contributed by atoms with Crippen LogP contribution in [0.2, 0.25) is 0 Å². The summed E-state index contributed by atoms with van der Waals surface area (Å²) in [7, 11) is 0. The number of aromatic hydroxyl groups is 1. The minimum atomic E-state index is -1.58. The average molecular weight is 479 g/mol. The van der Waals surface area contributed by atoms with Gasteiger partial charge in [-0.3, -0.25) is 0 Å². The van der Waals surface area contributed by atoms with Crippen molar-refractivity contribution >= 4 is 12.0 Å². The Hall–Kier alpha value is -2.53. The van der Waals surface area contributed by atoms with Crippen molar-refractivity contribution in [2.45, 2.75) is 63.0 Å². The largest absolute Gasteiger partial charge is 0.508 e. The number of esters is 1. The Balaban J connectivity index is 2.04. The lowest BCUT2D eigenvalue weighted by molar-refractivity contribution is -0.320. The van der Waals surface area contributed by atoms with Gasteiger partial charge in [0.15, 0.2) is 12.4 Å². The molecule has 0 saturated carbocycles. The number of rotatable bonds is 11. The molecule has 0 radical (unpaired) electrons. The second-order valence-electron chi connectivity index (χ2n) is 8.41. The van der Waals surface area contributed by atoms with Gasteiger partial charge in [0.2, 0.25) is 0 Å². The molecule has 1 fully saturated rings. The Morgan fingerprint density at radius 2 is 1.88 bits per heavy atom. The number of allylic oxidation sites excluding steroid dienone is 1. The molecule has 0 spiro atoms. The third-order valence-electron chi connectivity index (χ3n) is 5.58. The highest BCUT2D eigenvalue weighted by atomic mass is 16.7. The highest BCUT2D eigenvalue weighted by molar-refractivity contribution is 5.87. The van der Waals surface area contributed by atoms with Gasteiger partial charge in [0, 0.05) is 6.08 Å². The van der Waals surface area contributed by atoms with E-state index in [-0.39, 0.29) is 12.4 Å². The minimum absolute atomic E-state index is 0.0509. The molecule has 0 amide bonds. The molecule has 2 rings (SSSR count). The van der Waals surface area contributed by atoms with Gasteiger partial charge in [-0.05, 0) is 50.5 Å². The molecule has 1 aliphatic rings. The number of benzene rings is 1. The SMILES string of the molecule is C=CC(C)(CCC=C(C)CO)OC1OC(CO)C(OC(=O)C=Cc2ccc(O)cc2)C(O)C1O. The monoisotopic (exact) mass is 478 g/mol. The zero-order chi connectivity index (χ0) is 25.3. The van der Waals surface area contributed by atoms with Crippen LogP contribution in [-0.4, -0.2) is 81.0 Å². The van der Waals surface area contributed by atoms with Gasteiger partial charge in [-0.1, -0.05) is 29.9 Å². The van der Waals surface area contributed by atoms with E-state index in [1.54, 1.807) is 32.1 Å². The van der Waals surface area contributed by atoms with E-state index >= 15 is 0 Å². The zero-order valence-electron chi connectivity index (χ0n) is 19.4. The molecule has 188 valence electrons. The highest BCUT2D eigenvalue weighted by Crippen LogP contribution is 2.30. The van der Waals surface area contributed by atoms with Crippen molar-refractivity contribution in [1.82, 2.24) is 0 Å². The Kier molecular flexibility index (Phi) is 10.4. The molecule has 1 aromatic carbocycles. The van der Waals surface area contributed by atoms with Crippen molar-refractivity contribution in [3.63, 3.8) is 0 Å². The smallest absolute Gasteiger partial charge is 0.331 e. The average Bonchev–Trinajstić information content (AvgIpc) is 2.83. The third-order valence-corrected chi connectivity index (χ3v) is 5.58. The molecule has 1 saturated heterocycles. The fourth-order valence-electron chi connectivity index (χ4n) is 3.36. The summed E-state index contributed by atoms with van der Waals surface area (Å²) in [4.78, 5) is 12.3. The highest BCUT2D eigenvalue weighted by Gasteiger charge is 2.48. The van der Waals surface area contributed by atoms with E-state index in [4.69, 9.17) is 19.3 Å². The normalized spacial score (nSPS) is 27.4. The molecule has 34 heavy (non-hydrogen) atoms. The molecule has 9 nitrogen and oxygen atoms in total. The van der Waals surface area contributed by atoms with Crippen LogP contribution < -0.4 is 0 Å². The number of aliphatic hydroxyl groups excluding tert-OH is 4. The summed E-state index contributed by atoms with van der Waals surface area (Å²) in [6.45, 7) is 6.66. The second-order valence-corrected chi connectivity index (χ2v) is 8.41. The Morgan fingerprint density at radius 3 is 2.47 bits per heavy atom. The minimum Gasteiger partial charge on any atom is -0.508 e. The molecule has 1 heterocycles. The summed E-state index contributed by atoms with van der Waals surface area (Å²) in [6, 6.07) is 6.11. The lowest BCUT2D eigenvalue weighted by Gasteiger charge is -2.43. The molecule has 0 bridgehead atoms. The van der Waals surface area contributed by atoms with Gasteiger partial charge >= 0.3 is 5.97 Å². The topological polar surface area (TPSA) is 146 Å². The maximum atomic E-state index is 12.3. The first-order valence-corrected chi connectivity index (χ1v) is 11.0. The molecule has 1 aromatic rings. The van der Waals surface area contributed by atoms with E-state index in [0.717, 1.165) is 11.6 Å². The van der Waals surface area contributed by atoms with E-state index in [2.05, 4.69) is 6.58 Å². The van der Waals surface area contributed by atoms with Crippen molar-refractivity contribution in [3.05, 3.63) is 60.2 Å². The first kappa shape index (κ1) is 27.7. The summed E-state index contributed by atoms with van der Waals surface area (Å²) in [5, 5.41) is 49.4. The van der Waals surface area contributed by atoms with E-state index in [1.165, 1.54) is 18.2 Å². The molecule has 9 heteroatoms. The summed E-state index contributed by atoms with van der Waals surface area (Å²) in [5.41, 5.74) is 0.504. The fraction of sp³-hybridized carbons (Fsp3) is 0.480.